The molecular formula is C15H19N3O2. The van der Waals surface area contributed by atoms with Crippen molar-refractivity contribution >= 4 is 5.82 Å². The maximum Gasteiger partial charge on any atom is 0.161 e. The Labute approximate surface area is 119 Å². The van der Waals surface area contributed by atoms with Crippen molar-refractivity contribution in [1.29, 1.82) is 0 Å². The van der Waals surface area contributed by atoms with Gasteiger partial charge in [0.2, 0.25) is 0 Å². The van der Waals surface area contributed by atoms with Crippen LogP contribution in [0.5, 0.6) is 11.5 Å². The first kappa shape index (κ1) is 14.1. The average Bonchev–Trinajstić information content (AvgIpc) is 2.46. The fourth-order valence-corrected chi connectivity index (χ4v) is 1.96. The third kappa shape index (κ3) is 3.17. The number of anilines is 1. The number of nitrogens with zero attached hydrogens (tertiary/aromatic N) is 2. The molecule has 0 bridgehead atoms. The zero-order chi connectivity index (χ0) is 14.5. The number of hydrogen-bond donors (Lipinski definition) is 1. The molecular weight excluding hydrogens is 254 g/mol. The molecule has 2 rings (SSSR count). The number of benzene rings is 1. The van der Waals surface area contributed by atoms with Crippen LogP contribution in [0.2, 0.25) is 0 Å². The van der Waals surface area contributed by atoms with Crippen molar-refractivity contribution in [3.63, 3.8) is 0 Å². The first-order valence-corrected chi connectivity index (χ1v) is 6.42. The highest BCUT2D eigenvalue weighted by Crippen LogP contribution is 2.30. The highest BCUT2D eigenvalue weighted by atomic mass is 16.5. The minimum absolute atomic E-state index is 0.101. The molecule has 1 aromatic heterocycles. The summed E-state index contributed by atoms with van der Waals surface area (Å²) < 4.78 is 10.6. The van der Waals surface area contributed by atoms with E-state index in [0.29, 0.717) is 0 Å². The molecule has 5 nitrogen and oxygen atoms in total. The summed E-state index contributed by atoms with van der Waals surface area (Å²) in [6, 6.07) is 7.82. The second-order valence-electron chi connectivity index (χ2n) is 4.47. The minimum atomic E-state index is 0.101. The largest absolute Gasteiger partial charge is 0.493 e. The van der Waals surface area contributed by atoms with Gasteiger partial charge in [-0.15, -0.1) is 0 Å². The van der Waals surface area contributed by atoms with Gasteiger partial charge in [-0.25, -0.2) is 9.97 Å². The summed E-state index contributed by atoms with van der Waals surface area (Å²) in [6.45, 7) is 3.94. The molecule has 1 aromatic carbocycles. The first-order chi connectivity index (χ1) is 9.63. The van der Waals surface area contributed by atoms with E-state index in [0.717, 1.165) is 28.7 Å². The van der Waals surface area contributed by atoms with E-state index in [1.807, 2.05) is 31.2 Å². The van der Waals surface area contributed by atoms with Crippen LogP contribution in [0.4, 0.5) is 5.82 Å². The monoisotopic (exact) mass is 273 g/mol. The molecule has 0 aliphatic heterocycles. The lowest BCUT2D eigenvalue weighted by molar-refractivity contribution is 0.354. The summed E-state index contributed by atoms with van der Waals surface area (Å²) in [7, 11) is 3.26. The lowest BCUT2D eigenvalue weighted by Gasteiger charge is -2.17. The van der Waals surface area contributed by atoms with E-state index in [2.05, 4.69) is 22.2 Å². The van der Waals surface area contributed by atoms with Gasteiger partial charge in [0.1, 0.15) is 11.6 Å². The van der Waals surface area contributed by atoms with E-state index < -0.39 is 0 Å². The summed E-state index contributed by atoms with van der Waals surface area (Å²) >= 11 is 0. The highest BCUT2D eigenvalue weighted by Gasteiger charge is 2.10. The maximum atomic E-state index is 5.32. The Kier molecular flexibility index (Phi) is 4.40. The fourth-order valence-electron chi connectivity index (χ4n) is 1.96. The molecule has 0 fully saturated rings. The molecule has 5 heteroatoms. The number of aryl methyl sites for hydroxylation is 1. The Hall–Kier alpha value is -2.30. The van der Waals surface area contributed by atoms with Crippen LogP contribution in [-0.2, 0) is 0 Å². The number of aromatic nitrogens is 2. The van der Waals surface area contributed by atoms with Crippen LogP contribution in [0.25, 0.3) is 0 Å². The normalized spacial score (nSPS) is 11.8. The third-order valence-corrected chi connectivity index (χ3v) is 3.05. The van der Waals surface area contributed by atoms with Crippen LogP contribution in [0.1, 0.15) is 24.4 Å². The zero-order valence-electron chi connectivity index (χ0n) is 12.2. The summed E-state index contributed by atoms with van der Waals surface area (Å²) in [4.78, 5) is 8.42. The van der Waals surface area contributed by atoms with Gasteiger partial charge in [0.15, 0.2) is 11.5 Å². The summed E-state index contributed by atoms with van der Waals surface area (Å²) in [5.41, 5.74) is 1.10. The second kappa shape index (κ2) is 6.23. The molecule has 106 valence electrons. The fraction of sp³-hybridized carbons (Fsp3) is 0.333. The lowest BCUT2D eigenvalue weighted by atomic mass is 10.1. The Balaban J connectivity index is 2.18. The van der Waals surface area contributed by atoms with Crippen LogP contribution in [0.15, 0.2) is 30.5 Å². The molecule has 1 heterocycles. The van der Waals surface area contributed by atoms with Crippen LogP contribution >= 0.6 is 0 Å². The molecule has 0 aliphatic rings. The van der Waals surface area contributed by atoms with Gasteiger partial charge in [-0.3, -0.25) is 0 Å². The lowest BCUT2D eigenvalue weighted by Crippen LogP contribution is -2.09. The predicted molar refractivity (Wildman–Crippen MR) is 78.4 cm³/mol. The molecule has 1 unspecified atom stereocenters. The Morgan fingerprint density at radius 3 is 2.50 bits per heavy atom. The number of ether oxygens (including phenoxy) is 2. The van der Waals surface area contributed by atoms with Crippen LogP contribution in [0, 0.1) is 6.92 Å². The average molecular weight is 273 g/mol. The number of methoxy groups -OCH3 is 2. The number of rotatable bonds is 5. The summed E-state index contributed by atoms with van der Waals surface area (Å²) in [6.07, 6.45) is 1.74. The third-order valence-electron chi connectivity index (χ3n) is 3.05. The predicted octanol–water partition coefficient (Wildman–Crippen LogP) is 2.98. The zero-order valence-corrected chi connectivity index (χ0v) is 12.2. The van der Waals surface area contributed by atoms with Crippen molar-refractivity contribution in [3.8, 4) is 11.5 Å². The molecule has 0 radical (unpaired) electrons. The first-order valence-electron chi connectivity index (χ1n) is 6.42. The van der Waals surface area contributed by atoms with Gasteiger partial charge in [-0.05, 0) is 37.6 Å². The van der Waals surface area contributed by atoms with Crippen molar-refractivity contribution < 1.29 is 9.47 Å². The van der Waals surface area contributed by atoms with E-state index in [1.54, 1.807) is 20.4 Å². The van der Waals surface area contributed by atoms with E-state index in [1.165, 1.54) is 0 Å². The van der Waals surface area contributed by atoms with Gasteiger partial charge in [-0.1, -0.05) is 6.07 Å². The topological polar surface area (TPSA) is 56.3 Å². The van der Waals surface area contributed by atoms with Gasteiger partial charge in [-0.2, -0.15) is 0 Å². The van der Waals surface area contributed by atoms with Gasteiger partial charge in [0.05, 0.1) is 20.3 Å². The molecule has 0 saturated heterocycles. The quantitative estimate of drug-likeness (QED) is 0.907. The van der Waals surface area contributed by atoms with Crippen molar-refractivity contribution in [2.45, 2.75) is 19.9 Å². The van der Waals surface area contributed by atoms with Gasteiger partial charge in [0, 0.05) is 6.20 Å². The molecule has 0 aliphatic carbocycles. The Bertz CT molecular complexity index is 587. The van der Waals surface area contributed by atoms with Crippen molar-refractivity contribution in [3.05, 3.63) is 41.9 Å². The molecule has 0 amide bonds. The van der Waals surface area contributed by atoms with E-state index in [4.69, 9.17) is 9.47 Å². The van der Waals surface area contributed by atoms with Gasteiger partial charge >= 0.3 is 0 Å². The minimum Gasteiger partial charge on any atom is -0.493 e. The van der Waals surface area contributed by atoms with Crippen LogP contribution in [0.3, 0.4) is 0 Å². The number of hydrogen-bond acceptors (Lipinski definition) is 5. The SMILES string of the molecule is COc1ccc(C(C)Nc2ccnc(C)n2)cc1OC. The van der Waals surface area contributed by atoms with Crippen molar-refractivity contribution in [1.82, 2.24) is 9.97 Å². The molecule has 1 atom stereocenters. The molecule has 20 heavy (non-hydrogen) atoms. The van der Waals surface area contributed by atoms with E-state index >= 15 is 0 Å². The number of nitrogens with one attached hydrogen (secondary N) is 1. The highest BCUT2D eigenvalue weighted by molar-refractivity contribution is 5.46. The van der Waals surface area contributed by atoms with Crippen molar-refractivity contribution in [2.75, 3.05) is 19.5 Å². The second-order valence-corrected chi connectivity index (χ2v) is 4.47. The van der Waals surface area contributed by atoms with Crippen LogP contribution < -0.4 is 14.8 Å². The van der Waals surface area contributed by atoms with E-state index in [9.17, 15) is 0 Å². The molecule has 1 N–H and O–H groups in total. The molecule has 0 saturated carbocycles. The maximum absolute atomic E-state index is 5.32. The van der Waals surface area contributed by atoms with E-state index in [-0.39, 0.29) is 6.04 Å². The Morgan fingerprint density at radius 2 is 1.85 bits per heavy atom. The van der Waals surface area contributed by atoms with Gasteiger partial charge < -0.3 is 14.8 Å². The smallest absolute Gasteiger partial charge is 0.161 e. The van der Waals surface area contributed by atoms with Crippen molar-refractivity contribution in [2.24, 2.45) is 0 Å². The molecule has 0 spiro atoms. The summed E-state index contributed by atoms with van der Waals surface area (Å²) in [5.74, 6) is 2.99. The van der Waals surface area contributed by atoms with Crippen LogP contribution in [-0.4, -0.2) is 24.2 Å². The molecule has 2 aromatic rings. The standard InChI is InChI=1S/C15H19N3O2/c1-10(17-15-7-8-16-11(2)18-15)12-5-6-13(19-3)14(9-12)20-4/h5-10H,1-4H3,(H,16,17,18). The summed E-state index contributed by atoms with van der Waals surface area (Å²) in [5, 5.41) is 3.34. The van der Waals surface area contributed by atoms with Gasteiger partial charge in [0.25, 0.3) is 0 Å². The Morgan fingerprint density at radius 1 is 1.10 bits per heavy atom.